The highest BCUT2D eigenvalue weighted by Gasteiger charge is 2.08. The summed E-state index contributed by atoms with van der Waals surface area (Å²) in [6.45, 7) is 3.43. The molecule has 0 aliphatic rings. The first-order chi connectivity index (χ1) is 10.4. The number of hydrogen-bond donors (Lipinski definition) is 1. The smallest absolute Gasteiger partial charge is 0.00203 e. The SMILES string of the molecule is CCCCCCCCCCC(CNC)Cc1ccccc1. The van der Waals surface area contributed by atoms with Gasteiger partial charge in [0.15, 0.2) is 0 Å². The molecule has 1 aromatic rings. The molecule has 1 atom stereocenters. The van der Waals surface area contributed by atoms with Gasteiger partial charge in [-0.05, 0) is 37.9 Å². The van der Waals surface area contributed by atoms with Crippen LogP contribution in [0, 0.1) is 5.92 Å². The summed E-state index contributed by atoms with van der Waals surface area (Å²) in [5.41, 5.74) is 1.48. The van der Waals surface area contributed by atoms with Crippen LogP contribution in [0.5, 0.6) is 0 Å². The minimum Gasteiger partial charge on any atom is -0.319 e. The predicted molar refractivity (Wildman–Crippen MR) is 94.8 cm³/mol. The molecule has 0 saturated carbocycles. The first-order valence-corrected chi connectivity index (χ1v) is 9.05. The molecule has 0 bridgehead atoms. The molecule has 1 unspecified atom stereocenters. The Morgan fingerprint density at radius 2 is 1.48 bits per heavy atom. The molecule has 0 aliphatic carbocycles. The van der Waals surface area contributed by atoms with Crippen LogP contribution >= 0.6 is 0 Å². The van der Waals surface area contributed by atoms with E-state index in [9.17, 15) is 0 Å². The van der Waals surface area contributed by atoms with Crippen molar-refractivity contribution < 1.29 is 0 Å². The van der Waals surface area contributed by atoms with Crippen molar-refractivity contribution in [2.75, 3.05) is 13.6 Å². The quantitative estimate of drug-likeness (QED) is 0.466. The average Bonchev–Trinajstić information content (AvgIpc) is 2.51. The van der Waals surface area contributed by atoms with Crippen LogP contribution in [-0.4, -0.2) is 13.6 Å². The summed E-state index contributed by atoms with van der Waals surface area (Å²) >= 11 is 0. The molecular weight excluding hydrogens is 254 g/mol. The van der Waals surface area contributed by atoms with Crippen LogP contribution in [0.25, 0.3) is 0 Å². The molecule has 0 heterocycles. The monoisotopic (exact) mass is 289 g/mol. The summed E-state index contributed by atoms with van der Waals surface area (Å²) in [5.74, 6) is 0.789. The molecule has 0 amide bonds. The van der Waals surface area contributed by atoms with Crippen molar-refractivity contribution in [3.8, 4) is 0 Å². The van der Waals surface area contributed by atoms with E-state index in [-0.39, 0.29) is 0 Å². The number of nitrogens with one attached hydrogen (secondary N) is 1. The molecule has 120 valence electrons. The summed E-state index contributed by atoms with van der Waals surface area (Å²) in [6, 6.07) is 10.9. The second-order valence-corrected chi connectivity index (χ2v) is 6.38. The fourth-order valence-corrected chi connectivity index (χ4v) is 3.08. The lowest BCUT2D eigenvalue weighted by Crippen LogP contribution is -2.20. The van der Waals surface area contributed by atoms with E-state index in [0.29, 0.717) is 0 Å². The average molecular weight is 290 g/mol. The molecule has 1 heteroatoms. The van der Waals surface area contributed by atoms with Gasteiger partial charge in [-0.2, -0.15) is 0 Å². The highest BCUT2D eigenvalue weighted by molar-refractivity contribution is 5.15. The summed E-state index contributed by atoms with van der Waals surface area (Å²) < 4.78 is 0. The third kappa shape index (κ3) is 9.68. The van der Waals surface area contributed by atoms with Gasteiger partial charge in [0.1, 0.15) is 0 Å². The molecule has 1 nitrogen and oxygen atoms in total. The Hall–Kier alpha value is -0.820. The third-order valence-corrected chi connectivity index (χ3v) is 4.33. The fourth-order valence-electron chi connectivity index (χ4n) is 3.08. The maximum atomic E-state index is 3.36. The van der Waals surface area contributed by atoms with Crippen LogP contribution < -0.4 is 5.32 Å². The summed E-state index contributed by atoms with van der Waals surface area (Å²) in [4.78, 5) is 0. The van der Waals surface area contributed by atoms with Crippen molar-refractivity contribution in [2.24, 2.45) is 5.92 Å². The summed E-state index contributed by atoms with van der Waals surface area (Å²) in [5, 5.41) is 3.36. The van der Waals surface area contributed by atoms with Crippen LogP contribution in [0.2, 0.25) is 0 Å². The zero-order valence-electron chi connectivity index (χ0n) is 14.2. The van der Waals surface area contributed by atoms with Crippen molar-refractivity contribution in [3.05, 3.63) is 35.9 Å². The minimum atomic E-state index is 0.789. The zero-order chi connectivity index (χ0) is 15.2. The maximum absolute atomic E-state index is 3.36. The topological polar surface area (TPSA) is 12.0 Å². The Bertz CT molecular complexity index is 320. The van der Waals surface area contributed by atoms with Gasteiger partial charge >= 0.3 is 0 Å². The van der Waals surface area contributed by atoms with Gasteiger partial charge in [0.2, 0.25) is 0 Å². The molecule has 0 spiro atoms. The van der Waals surface area contributed by atoms with E-state index in [2.05, 4.69) is 49.6 Å². The van der Waals surface area contributed by atoms with Crippen LogP contribution in [0.1, 0.15) is 70.3 Å². The molecule has 1 rings (SSSR count). The third-order valence-electron chi connectivity index (χ3n) is 4.33. The Morgan fingerprint density at radius 1 is 0.857 bits per heavy atom. The Kier molecular flexibility index (Phi) is 11.2. The Morgan fingerprint density at radius 3 is 2.10 bits per heavy atom. The number of rotatable bonds is 13. The number of hydrogen-bond acceptors (Lipinski definition) is 1. The van der Waals surface area contributed by atoms with Crippen molar-refractivity contribution in [1.29, 1.82) is 0 Å². The lowest BCUT2D eigenvalue weighted by molar-refractivity contribution is 0.431. The van der Waals surface area contributed by atoms with E-state index >= 15 is 0 Å². The highest BCUT2D eigenvalue weighted by atomic mass is 14.8. The molecule has 21 heavy (non-hydrogen) atoms. The van der Waals surface area contributed by atoms with Gasteiger partial charge in [0, 0.05) is 0 Å². The van der Waals surface area contributed by atoms with E-state index in [1.165, 1.54) is 69.8 Å². The maximum Gasteiger partial charge on any atom is -0.00203 e. The van der Waals surface area contributed by atoms with Gasteiger partial charge in [0.05, 0.1) is 0 Å². The standard InChI is InChI=1S/C20H35N/c1-3-4-5-6-7-8-9-11-16-20(18-21-2)17-19-14-12-10-13-15-19/h10,12-15,20-21H,3-9,11,16-18H2,1-2H3. The van der Waals surface area contributed by atoms with Gasteiger partial charge in [-0.1, -0.05) is 88.6 Å². The van der Waals surface area contributed by atoms with Crippen molar-refractivity contribution in [2.45, 2.75) is 71.1 Å². The van der Waals surface area contributed by atoms with Crippen molar-refractivity contribution >= 4 is 0 Å². The Labute approximate surface area is 132 Å². The fraction of sp³-hybridized carbons (Fsp3) is 0.700. The molecule has 0 aliphatic heterocycles. The van der Waals surface area contributed by atoms with Crippen LogP contribution in [0.4, 0.5) is 0 Å². The lowest BCUT2D eigenvalue weighted by Gasteiger charge is -2.16. The van der Waals surface area contributed by atoms with E-state index < -0.39 is 0 Å². The second-order valence-electron chi connectivity index (χ2n) is 6.38. The highest BCUT2D eigenvalue weighted by Crippen LogP contribution is 2.17. The van der Waals surface area contributed by atoms with E-state index in [1.807, 2.05) is 0 Å². The molecule has 0 fully saturated rings. The van der Waals surface area contributed by atoms with E-state index in [4.69, 9.17) is 0 Å². The van der Waals surface area contributed by atoms with Crippen molar-refractivity contribution in [1.82, 2.24) is 5.32 Å². The molecular formula is C20H35N. The lowest BCUT2D eigenvalue weighted by atomic mass is 9.93. The van der Waals surface area contributed by atoms with Crippen LogP contribution in [0.3, 0.4) is 0 Å². The largest absolute Gasteiger partial charge is 0.319 e. The van der Waals surface area contributed by atoms with Gasteiger partial charge in [0.25, 0.3) is 0 Å². The normalized spacial score (nSPS) is 12.5. The predicted octanol–water partition coefficient (Wildman–Crippen LogP) is 5.60. The van der Waals surface area contributed by atoms with Crippen molar-refractivity contribution in [3.63, 3.8) is 0 Å². The van der Waals surface area contributed by atoms with Crippen LogP contribution in [0.15, 0.2) is 30.3 Å². The number of unbranched alkanes of at least 4 members (excludes halogenated alkanes) is 7. The van der Waals surface area contributed by atoms with Crippen LogP contribution in [-0.2, 0) is 6.42 Å². The van der Waals surface area contributed by atoms with E-state index in [1.54, 1.807) is 0 Å². The van der Waals surface area contributed by atoms with Gasteiger partial charge < -0.3 is 5.32 Å². The minimum absolute atomic E-state index is 0.789. The molecule has 0 radical (unpaired) electrons. The summed E-state index contributed by atoms with van der Waals surface area (Å²) in [6.07, 6.45) is 13.9. The van der Waals surface area contributed by atoms with Gasteiger partial charge in [-0.3, -0.25) is 0 Å². The zero-order valence-corrected chi connectivity index (χ0v) is 14.2. The summed E-state index contributed by atoms with van der Waals surface area (Å²) in [7, 11) is 2.08. The second kappa shape index (κ2) is 12.9. The molecule has 0 saturated heterocycles. The molecule has 1 N–H and O–H groups in total. The number of benzene rings is 1. The first-order valence-electron chi connectivity index (χ1n) is 9.05. The first kappa shape index (κ1) is 18.2. The Balaban J connectivity index is 2.11. The molecule has 0 aromatic heterocycles. The van der Waals surface area contributed by atoms with Gasteiger partial charge in [-0.25, -0.2) is 0 Å². The molecule has 1 aromatic carbocycles. The van der Waals surface area contributed by atoms with E-state index in [0.717, 1.165) is 12.5 Å². The van der Waals surface area contributed by atoms with Gasteiger partial charge in [-0.15, -0.1) is 0 Å².